The molecule has 4 rings (SSSR count). The number of aliphatic carboxylic acids is 1. The van der Waals surface area contributed by atoms with Crippen molar-refractivity contribution in [2.24, 2.45) is 33.7 Å². The second-order valence-electron chi connectivity index (χ2n) is 12.8. The summed E-state index contributed by atoms with van der Waals surface area (Å²) in [5, 5.41) is 29.6. The number of terminal acetylenes is 1. The molecule has 0 bridgehead atoms. The van der Waals surface area contributed by atoms with Gasteiger partial charge in [0.25, 0.3) is 5.91 Å². The van der Waals surface area contributed by atoms with Gasteiger partial charge in [0.15, 0.2) is 6.61 Å². The first kappa shape index (κ1) is 30.1. The second-order valence-corrected chi connectivity index (χ2v) is 12.8. The number of carbonyl (C=O) groups is 3. The number of rotatable bonds is 9. The molecule has 2 amide bonds. The lowest BCUT2D eigenvalue weighted by Gasteiger charge is -2.58. The summed E-state index contributed by atoms with van der Waals surface area (Å²) in [7, 11) is 0. The monoisotopic (exact) mass is 555 g/mol. The summed E-state index contributed by atoms with van der Waals surface area (Å²) >= 11 is 0. The van der Waals surface area contributed by atoms with E-state index in [1.807, 2.05) is 6.92 Å². The molecule has 0 saturated heterocycles. The first-order valence-corrected chi connectivity index (χ1v) is 14.8. The topological polar surface area (TPSA) is 137 Å². The Labute approximate surface area is 237 Å². The number of nitrogens with zero attached hydrogens (tertiary/aromatic N) is 1. The maximum absolute atomic E-state index is 12.3. The fourth-order valence-electron chi connectivity index (χ4n) is 8.26. The number of allylic oxidation sites excluding steroid dienone is 2. The predicted molar refractivity (Wildman–Crippen MR) is 151 cm³/mol. The summed E-state index contributed by atoms with van der Waals surface area (Å²) < 4.78 is 0. The molecule has 5 unspecified atom stereocenters. The number of hydrogen-bond donors (Lipinski definition) is 4. The summed E-state index contributed by atoms with van der Waals surface area (Å²) in [5.41, 5.74) is 1.10. The van der Waals surface area contributed by atoms with Gasteiger partial charge in [0.1, 0.15) is 17.7 Å². The molecule has 3 saturated carbocycles. The van der Waals surface area contributed by atoms with E-state index in [4.69, 9.17) is 11.3 Å². The molecule has 8 atom stereocenters. The Kier molecular flexibility index (Phi) is 8.70. The van der Waals surface area contributed by atoms with E-state index in [0.717, 1.165) is 50.7 Å². The Hall–Kier alpha value is -2.86. The van der Waals surface area contributed by atoms with E-state index in [2.05, 4.69) is 41.6 Å². The maximum Gasteiger partial charge on any atom is 0.326 e. The van der Waals surface area contributed by atoms with Crippen molar-refractivity contribution in [1.82, 2.24) is 10.6 Å². The lowest BCUT2D eigenvalue weighted by Crippen LogP contribution is -2.54. The van der Waals surface area contributed by atoms with Gasteiger partial charge in [0.2, 0.25) is 5.91 Å². The third kappa shape index (κ3) is 5.39. The largest absolute Gasteiger partial charge is 0.480 e. The Morgan fingerprint density at radius 2 is 1.88 bits per heavy atom. The molecule has 4 aliphatic carbocycles. The highest BCUT2D eigenvalue weighted by Crippen LogP contribution is 2.67. The lowest BCUT2D eigenvalue weighted by molar-refractivity contribution is -0.142. The average Bonchev–Trinajstić information content (AvgIpc) is 3.19. The fourth-order valence-corrected chi connectivity index (χ4v) is 8.26. The molecule has 0 aromatic rings. The van der Waals surface area contributed by atoms with Crippen molar-refractivity contribution in [3.8, 4) is 12.3 Å². The van der Waals surface area contributed by atoms with Crippen molar-refractivity contribution in [3.05, 3.63) is 11.6 Å². The minimum atomic E-state index is -1.10. The van der Waals surface area contributed by atoms with Gasteiger partial charge in [-0.15, -0.1) is 6.42 Å². The fraction of sp³-hybridized carbons (Fsp3) is 0.742. The maximum atomic E-state index is 12.3. The Morgan fingerprint density at radius 3 is 2.55 bits per heavy atom. The summed E-state index contributed by atoms with van der Waals surface area (Å²) in [5.74, 6) is 2.16. The van der Waals surface area contributed by atoms with Crippen LogP contribution in [-0.2, 0) is 19.2 Å². The van der Waals surface area contributed by atoms with Gasteiger partial charge in [0.05, 0.1) is 5.71 Å². The van der Waals surface area contributed by atoms with E-state index in [1.54, 1.807) is 0 Å². The molecule has 4 N–H and O–H groups in total. The minimum absolute atomic E-state index is 0.0892. The van der Waals surface area contributed by atoms with Gasteiger partial charge < -0.3 is 25.7 Å². The van der Waals surface area contributed by atoms with Crippen LogP contribution in [0, 0.1) is 40.9 Å². The van der Waals surface area contributed by atoms with E-state index in [-0.39, 0.29) is 17.4 Å². The molecular formula is C31H45N3O6. The molecule has 9 nitrogen and oxygen atoms in total. The van der Waals surface area contributed by atoms with Crippen LogP contribution < -0.4 is 10.6 Å². The van der Waals surface area contributed by atoms with Gasteiger partial charge in [0, 0.05) is 5.41 Å². The zero-order valence-corrected chi connectivity index (χ0v) is 24.3. The summed E-state index contributed by atoms with van der Waals surface area (Å²) in [6, 6.07) is -1.88. The average molecular weight is 556 g/mol. The number of aliphatic hydroxyl groups is 1. The number of fused-ring (bicyclic) bond motifs is 5. The summed E-state index contributed by atoms with van der Waals surface area (Å²) in [6.45, 7) is 7.59. The molecule has 0 aromatic heterocycles. The number of nitrogens with one attached hydrogen (secondary N) is 2. The second kappa shape index (κ2) is 11.6. The van der Waals surface area contributed by atoms with Crippen molar-refractivity contribution in [2.45, 2.75) is 110 Å². The zero-order valence-electron chi connectivity index (χ0n) is 24.3. The molecule has 0 heterocycles. The Balaban J connectivity index is 1.32. The molecule has 40 heavy (non-hydrogen) atoms. The quantitative estimate of drug-likeness (QED) is 0.254. The van der Waals surface area contributed by atoms with E-state index < -0.39 is 35.5 Å². The molecule has 3 fully saturated rings. The number of carboxylic acids is 1. The van der Waals surface area contributed by atoms with Crippen LogP contribution in [0.1, 0.15) is 91.9 Å². The van der Waals surface area contributed by atoms with Crippen LogP contribution in [-0.4, -0.2) is 58.0 Å². The van der Waals surface area contributed by atoms with Crippen molar-refractivity contribution in [3.63, 3.8) is 0 Å². The smallest absolute Gasteiger partial charge is 0.326 e. The van der Waals surface area contributed by atoms with Gasteiger partial charge in [-0.05, 0) is 94.0 Å². The van der Waals surface area contributed by atoms with E-state index in [9.17, 15) is 24.6 Å². The highest BCUT2D eigenvalue weighted by atomic mass is 16.6. The number of carbonyl (C=O) groups excluding carboxylic acids is 2. The zero-order chi connectivity index (χ0) is 29.3. The summed E-state index contributed by atoms with van der Waals surface area (Å²) in [6.07, 6.45) is 16.4. The third-order valence-electron chi connectivity index (χ3n) is 10.7. The van der Waals surface area contributed by atoms with Crippen molar-refractivity contribution < 1.29 is 29.4 Å². The molecule has 220 valence electrons. The first-order valence-electron chi connectivity index (χ1n) is 14.8. The number of oxime groups is 1. The number of carboxylic acid groups (broad SMARTS) is 1. The van der Waals surface area contributed by atoms with Crippen LogP contribution in [0.5, 0.6) is 0 Å². The van der Waals surface area contributed by atoms with E-state index in [1.165, 1.54) is 12.5 Å². The van der Waals surface area contributed by atoms with Gasteiger partial charge in [-0.2, -0.15) is 0 Å². The number of hydrogen-bond acceptors (Lipinski definition) is 6. The van der Waals surface area contributed by atoms with E-state index >= 15 is 0 Å². The van der Waals surface area contributed by atoms with Crippen LogP contribution in [0.2, 0.25) is 0 Å². The lowest BCUT2D eigenvalue weighted by atomic mass is 9.46. The predicted octanol–water partition coefficient (Wildman–Crippen LogP) is 3.56. The minimum Gasteiger partial charge on any atom is -0.480 e. The molecule has 0 radical (unpaired) electrons. The van der Waals surface area contributed by atoms with Crippen molar-refractivity contribution in [1.29, 1.82) is 0 Å². The van der Waals surface area contributed by atoms with Gasteiger partial charge in [-0.3, -0.25) is 9.59 Å². The van der Waals surface area contributed by atoms with Crippen LogP contribution >= 0.6 is 0 Å². The van der Waals surface area contributed by atoms with Gasteiger partial charge in [-0.1, -0.05) is 43.8 Å². The van der Waals surface area contributed by atoms with Crippen LogP contribution in [0.15, 0.2) is 16.8 Å². The molecular weight excluding hydrogens is 510 g/mol. The molecule has 9 heteroatoms. The van der Waals surface area contributed by atoms with Gasteiger partial charge in [-0.25, -0.2) is 4.79 Å². The molecule has 0 spiro atoms. The van der Waals surface area contributed by atoms with Crippen molar-refractivity contribution >= 4 is 23.5 Å². The highest BCUT2D eigenvalue weighted by Gasteiger charge is 2.63. The third-order valence-corrected chi connectivity index (χ3v) is 10.7. The SMILES string of the molecule is C#C[C@@]1(O)CCC2C3CCC4=C/C(=N\OCC(=O)NC(C)C(=O)NC(CCC)C(=O)O)CC[C@]4(C)C3CC[C@@]21C. The van der Waals surface area contributed by atoms with E-state index in [0.29, 0.717) is 37.0 Å². The van der Waals surface area contributed by atoms with Gasteiger partial charge >= 0.3 is 5.97 Å². The molecule has 0 aliphatic heterocycles. The Morgan fingerprint density at radius 1 is 1.15 bits per heavy atom. The van der Waals surface area contributed by atoms with Crippen LogP contribution in [0.4, 0.5) is 0 Å². The van der Waals surface area contributed by atoms with Crippen LogP contribution in [0.25, 0.3) is 0 Å². The standard InChI is InChI=1S/C31H45N3O6/c1-6-8-25(28(37)38)33-27(36)19(3)32-26(35)18-40-34-21-11-14-29(4)20(17-21)9-10-22-23(29)12-15-30(5)24(22)13-16-31(30,39)7-2/h2,17,19,22-25,39H,6,8-16,18H2,1,3-5H3,(H,32,35)(H,33,36)(H,37,38)/b34-21-/t19?,22?,23?,24?,25?,29-,30-,31+/m0/s1. The number of amides is 2. The molecule has 0 aromatic carbocycles. The molecule has 4 aliphatic rings. The van der Waals surface area contributed by atoms with Crippen LogP contribution in [0.3, 0.4) is 0 Å². The highest BCUT2D eigenvalue weighted by molar-refractivity contribution is 5.96. The first-order chi connectivity index (χ1) is 18.9. The summed E-state index contributed by atoms with van der Waals surface area (Å²) in [4.78, 5) is 41.2. The van der Waals surface area contributed by atoms with Crippen molar-refractivity contribution in [2.75, 3.05) is 6.61 Å². The normalized spacial score (nSPS) is 37.0. The Bertz CT molecular complexity index is 1130.